The second-order valence-corrected chi connectivity index (χ2v) is 5.90. The standard InChI is InChI=1S/C15H15N5Se/c1-9-2-4-10(5-3-9)6-20-7-11(14(17)21)12-13(16)18-8-19-15(12)20/h2-5,7-8H,6H2,1H3,(H2,17,21)(H2,16,18,19). The molecule has 3 aromatic rings. The van der Waals surface area contributed by atoms with Crippen molar-refractivity contribution >= 4 is 37.0 Å². The molecule has 0 bridgehead atoms. The van der Waals surface area contributed by atoms with Gasteiger partial charge in [-0.15, -0.1) is 0 Å². The molecule has 0 saturated heterocycles. The number of fused-ring (bicyclic) bond motifs is 1. The average molecular weight is 344 g/mol. The Kier molecular flexibility index (Phi) is 3.49. The van der Waals surface area contributed by atoms with Crippen molar-refractivity contribution < 1.29 is 0 Å². The van der Waals surface area contributed by atoms with E-state index < -0.39 is 0 Å². The molecule has 0 spiro atoms. The number of hydrogen-bond acceptors (Lipinski definition) is 4. The van der Waals surface area contributed by atoms with Crippen LogP contribution >= 0.6 is 0 Å². The fourth-order valence-corrected chi connectivity index (χ4v) is 2.67. The van der Waals surface area contributed by atoms with Crippen LogP contribution in [0.3, 0.4) is 0 Å². The van der Waals surface area contributed by atoms with Gasteiger partial charge in [-0.05, 0) is 0 Å². The fourth-order valence-electron chi connectivity index (χ4n) is 2.34. The SMILES string of the molecule is Cc1ccc(Cn2cc(C(N)=[Se])c3c(N)ncnc32)cc1. The molecule has 0 amide bonds. The van der Waals surface area contributed by atoms with Gasteiger partial charge < -0.3 is 0 Å². The topological polar surface area (TPSA) is 82.8 Å². The maximum absolute atomic E-state index is 5.97. The van der Waals surface area contributed by atoms with Crippen LogP contribution in [0.15, 0.2) is 36.8 Å². The Morgan fingerprint density at radius 3 is 2.62 bits per heavy atom. The molecule has 0 saturated carbocycles. The van der Waals surface area contributed by atoms with Crippen LogP contribution in [0.4, 0.5) is 5.82 Å². The number of nitrogens with two attached hydrogens (primary N) is 2. The summed E-state index contributed by atoms with van der Waals surface area (Å²) >= 11 is 2.83. The minimum absolute atomic E-state index is 0.441. The van der Waals surface area contributed by atoms with Gasteiger partial charge in [0, 0.05) is 0 Å². The van der Waals surface area contributed by atoms with Gasteiger partial charge in [0.15, 0.2) is 0 Å². The zero-order valence-electron chi connectivity index (χ0n) is 11.6. The van der Waals surface area contributed by atoms with Gasteiger partial charge in [-0.3, -0.25) is 0 Å². The number of hydrogen-bond donors (Lipinski definition) is 2. The van der Waals surface area contributed by atoms with Crippen LogP contribution < -0.4 is 11.5 Å². The Bertz CT molecular complexity index is 820. The van der Waals surface area contributed by atoms with Crippen molar-refractivity contribution in [2.45, 2.75) is 13.5 Å². The molecule has 6 heteroatoms. The molecule has 0 radical (unpaired) electrons. The first-order valence-electron chi connectivity index (χ1n) is 6.51. The van der Waals surface area contributed by atoms with Crippen LogP contribution in [0.25, 0.3) is 11.0 Å². The Labute approximate surface area is 130 Å². The molecule has 0 fully saturated rings. The molecule has 0 aliphatic heterocycles. The summed E-state index contributed by atoms with van der Waals surface area (Å²) in [5, 5.41) is 0.792. The fraction of sp³-hybridized carbons (Fsp3) is 0.133. The van der Waals surface area contributed by atoms with Gasteiger partial charge >= 0.3 is 130 Å². The van der Waals surface area contributed by atoms with Crippen molar-refractivity contribution in [3.05, 3.63) is 53.5 Å². The van der Waals surface area contributed by atoms with E-state index in [1.54, 1.807) is 0 Å². The van der Waals surface area contributed by atoms with E-state index in [1.165, 1.54) is 17.5 Å². The zero-order chi connectivity index (χ0) is 15.0. The molecule has 106 valence electrons. The van der Waals surface area contributed by atoms with Crippen molar-refractivity contribution in [1.29, 1.82) is 0 Å². The molecule has 21 heavy (non-hydrogen) atoms. The molecule has 0 atom stereocenters. The van der Waals surface area contributed by atoms with Crippen LogP contribution in [-0.4, -0.2) is 34.7 Å². The van der Waals surface area contributed by atoms with Crippen LogP contribution in [-0.2, 0) is 6.54 Å². The number of nitrogen functional groups attached to an aromatic ring is 1. The summed E-state index contributed by atoms with van der Waals surface area (Å²) in [6.45, 7) is 2.78. The minimum atomic E-state index is 0.441. The predicted molar refractivity (Wildman–Crippen MR) is 86.3 cm³/mol. The van der Waals surface area contributed by atoms with Gasteiger partial charge in [-0.2, -0.15) is 0 Å². The van der Waals surface area contributed by atoms with Crippen molar-refractivity contribution in [2.24, 2.45) is 5.73 Å². The van der Waals surface area contributed by atoms with Crippen LogP contribution in [0, 0.1) is 6.92 Å². The van der Waals surface area contributed by atoms with E-state index in [2.05, 4.69) is 56.7 Å². The van der Waals surface area contributed by atoms with Crippen molar-refractivity contribution in [1.82, 2.24) is 14.5 Å². The van der Waals surface area contributed by atoms with Gasteiger partial charge in [-0.25, -0.2) is 0 Å². The number of aryl methyl sites for hydroxylation is 1. The first-order valence-corrected chi connectivity index (χ1v) is 7.36. The van der Waals surface area contributed by atoms with E-state index in [-0.39, 0.29) is 0 Å². The predicted octanol–water partition coefficient (Wildman–Crippen LogP) is 0.975. The number of anilines is 1. The second kappa shape index (κ2) is 5.31. The van der Waals surface area contributed by atoms with E-state index in [1.807, 2.05) is 10.8 Å². The van der Waals surface area contributed by atoms with E-state index in [4.69, 9.17) is 11.5 Å². The van der Waals surface area contributed by atoms with Crippen LogP contribution in [0.1, 0.15) is 16.7 Å². The van der Waals surface area contributed by atoms with Gasteiger partial charge in [0.25, 0.3) is 0 Å². The third-order valence-corrected chi connectivity index (χ3v) is 3.88. The molecule has 5 nitrogen and oxygen atoms in total. The van der Waals surface area contributed by atoms with Gasteiger partial charge in [0.1, 0.15) is 0 Å². The zero-order valence-corrected chi connectivity index (χ0v) is 13.3. The molecule has 3 rings (SSSR count). The summed E-state index contributed by atoms with van der Waals surface area (Å²) in [7, 11) is 0. The molecule has 2 heterocycles. The van der Waals surface area contributed by atoms with E-state index in [9.17, 15) is 0 Å². The Morgan fingerprint density at radius 2 is 1.95 bits per heavy atom. The molecule has 0 aliphatic rings. The van der Waals surface area contributed by atoms with E-state index in [0.29, 0.717) is 16.9 Å². The molecule has 4 N–H and O–H groups in total. The van der Waals surface area contributed by atoms with Gasteiger partial charge in [0.2, 0.25) is 0 Å². The Morgan fingerprint density at radius 1 is 1.24 bits per heavy atom. The molecule has 0 unspecified atom stereocenters. The monoisotopic (exact) mass is 345 g/mol. The Balaban J connectivity index is 2.12. The van der Waals surface area contributed by atoms with Gasteiger partial charge in [0.05, 0.1) is 0 Å². The normalized spacial score (nSPS) is 10.9. The van der Waals surface area contributed by atoms with Crippen molar-refractivity contribution in [3.8, 4) is 0 Å². The number of rotatable bonds is 3. The van der Waals surface area contributed by atoms with Crippen LogP contribution in [0.2, 0.25) is 0 Å². The molecule has 0 aliphatic carbocycles. The van der Waals surface area contributed by atoms with Crippen molar-refractivity contribution in [3.63, 3.8) is 0 Å². The second-order valence-electron chi connectivity index (χ2n) is 4.98. The number of aromatic nitrogens is 3. The molecular weight excluding hydrogens is 329 g/mol. The Hall–Kier alpha value is -2.17. The summed E-state index contributed by atoms with van der Waals surface area (Å²) in [4.78, 5) is 8.40. The molecular formula is C15H15N5Se. The number of nitrogens with zero attached hydrogens (tertiary/aromatic N) is 3. The molecule has 1 aromatic carbocycles. The third kappa shape index (κ3) is 2.55. The van der Waals surface area contributed by atoms with E-state index >= 15 is 0 Å². The summed E-state index contributed by atoms with van der Waals surface area (Å²) in [5.41, 5.74) is 16.0. The number of benzene rings is 1. The van der Waals surface area contributed by atoms with E-state index in [0.717, 1.165) is 16.6 Å². The molecule has 2 aromatic heterocycles. The third-order valence-electron chi connectivity index (χ3n) is 3.42. The van der Waals surface area contributed by atoms with Gasteiger partial charge in [-0.1, -0.05) is 0 Å². The van der Waals surface area contributed by atoms with Crippen LogP contribution in [0.5, 0.6) is 0 Å². The summed E-state index contributed by atoms with van der Waals surface area (Å²) in [6.07, 6.45) is 3.43. The summed E-state index contributed by atoms with van der Waals surface area (Å²) in [5.74, 6) is 0.441. The first kappa shape index (κ1) is 13.8. The average Bonchev–Trinajstić information content (AvgIpc) is 2.82. The summed E-state index contributed by atoms with van der Waals surface area (Å²) in [6, 6.07) is 8.41. The maximum atomic E-state index is 5.97. The quantitative estimate of drug-likeness (QED) is 0.694. The first-order chi connectivity index (χ1) is 10.1. The van der Waals surface area contributed by atoms with Crippen molar-refractivity contribution in [2.75, 3.05) is 5.73 Å². The summed E-state index contributed by atoms with van der Waals surface area (Å²) < 4.78 is 2.63.